The van der Waals surface area contributed by atoms with Crippen LogP contribution in [0.5, 0.6) is 11.5 Å². The van der Waals surface area contributed by atoms with Gasteiger partial charge in [0.25, 0.3) is 5.91 Å². The number of carbonyl (C=O) groups is 2. The van der Waals surface area contributed by atoms with Gasteiger partial charge in [0.15, 0.2) is 12.4 Å². The van der Waals surface area contributed by atoms with Gasteiger partial charge in [0.05, 0.1) is 7.11 Å². The Labute approximate surface area is 169 Å². The van der Waals surface area contributed by atoms with Gasteiger partial charge in [0.1, 0.15) is 11.5 Å². The molecule has 0 aliphatic rings. The average Bonchev–Trinajstić information content (AvgIpc) is 2.74. The summed E-state index contributed by atoms with van der Waals surface area (Å²) in [6, 6.07) is 21.1. The first kappa shape index (κ1) is 19.9. The van der Waals surface area contributed by atoms with Crippen molar-refractivity contribution < 1.29 is 19.1 Å². The van der Waals surface area contributed by atoms with Gasteiger partial charge in [-0.25, -0.2) is 0 Å². The fraction of sp³-hybridized carbons (Fsp3) is 0.130. The topological polar surface area (TPSA) is 90.6 Å². The van der Waals surface area contributed by atoms with Crippen LogP contribution in [0.1, 0.15) is 15.9 Å². The van der Waals surface area contributed by atoms with Crippen LogP contribution >= 0.6 is 0 Å². The summed E-state index contributed by atoms with van der Waals surface area (Å²) in [4.78, 5) is 24.4. The van der Waals surface area contributed by atoms with E-state index in [-0.39, 0.29) is 24.7 Å². The lowest BCUT2D eigenvalue weighted by molar-refractivity contribution is -0.118. The molecule has 0 fully saturated rings. The molecule has 0 aliphatic carbocycles. The molecule has 148 valence electrons. The average molecular weight is 390 g/mol. The SMILES string of the molecule is COc1ccc(NC(=O)COc2ccc(CC(=O)c3ccccc3N)cc2)cc1. The molecular formula is C23H22N2O4. The quantitative estimate of drug-likeness (QED) is 0.452. The van der Waals surface area contributed by atoms with Crippen LogP contribution in [0.3, 0.4) is 0 Å². The number of amides is 1. The summed E-state index contributed by atoms with van der Waals surface area (Å²) >= 11 is 0. The van der Waals surface area contributed by atoms with E-state index in [1.54, 1.807) is 79.9 Å². The number of nitrogens with two attached hydrogens (primary N) is 1. The van der Waals surface area contributed by atoms with Crippen molar-refractivity contribution in [2.75, 3.05) is 24.8 Å². The van der Waals surface area contributed by atoms with Crippen LogP contribution in [0.15, 0.2) is 72.8 Å². The third kappa shape index (κ3) is 5.59. The molecule has 3 aromatic carbocycles. The van der Waals surface area contributed by atoms with Crippen LogP contribution in [0.25, 0.3) is 0 Å². The van der Waals surface area contributed by atoms with Gasteiger partial charge in [0, 0.05) is 23.4 Å². The molecule has 0 spiro atoms. The van der Waals surface area contributed by atoms with Crippen LogP contribution in [-0.2, 0) is 11.2 Å². The van der Waals surface area contributed by atoms with E-state index in [9.17, 15) is 9.59 Å². The van der Waals surface area contributed by atoms with E-state index < -0.39 is 0 Å². The van der Waals surface area contributed by atoms with E-state index >= 15 is 0 Å². The lowest BCUT2D eigenvalue weighted by atomic mass is 10.0. The van der Waals surface area contributed by atoms with Crippen molar-refractivity contribution in [3.05, 3.63) is 83.9 Å². The molecule has 29 heavy (non-hydrogen) atoms. The second-order valence-corrected chi connectivity index (χ2v) is 6.40. The summed E-state index contributed by atoms with van der Waals surface area (Å²) in [7, 11) is 1.58. The van der Waals surface area contributed by atoms with Crippen molar-refractivity contribution in [1.82, 2.24) is 0 Å². The second-order valence-electron chi connectivity index (χ2n) is 6.40. The van der Waals surface area contributed by atoms with Crippen LogP contribution in [0, 0.1) is 0 Å². The molecule has 0 saturated carbocycles. The normalized spacial score (nSPS) is 10.2. The predicted octanol–water partition coefficient (Wildman–Crippen LogP) is 3.72. The molecule has 0 bridgehead atoms. The number of rotatable bonds is 8. The third-order valence-corrected chi connectivity index (χ3v) is 4.29. The number of methoxy groups -OCH3 is 1. The Morgan fingerprint density at radius 3 is 2.21 bits per heavy atom. The van der Waals surface area contributed by atoms with E-state index in [1.807, 2.05) is 0 Å². The minimum absolute atomic E-state index is 0.0457. The number of nitrogens with one attached hydrogen (secondary N) is 1. The molecule has 0 aliphatic heterocycles. The summed E-state index contributed by atoms with van der Waals surface area (Å²) in [5.74, 6) is 0.947. The van der Waals surface area contributed by atoms with Crippen molar-refractivity contribution in [3.8, 4) is 11.5 Å². The Kier molecular flexibility index (Phi) is 6.47. The number of hydrogen-bond donors (Lipinski definition) is 2. The highest BCUT2D eigenvalue weighted by Crippen LogP contribution is 2.18. The molecule has 1 amide bonds. The Morgan fingerprint density at radius 2 is 1.55 bits per heavy atom. The van der Waals surface area contributed by atoms with Gasteiger partial charge in [-0.2, -0.15) is 0 Å². The van der Waals surface area contributed by atoms with Gasteiger partial charge in [-0.15, -0.1) is 0 Å². The highest BCUT2D eigenvalue weighted by Gasteiger charge is 2.10. The molecule has 0 aromatic heterocycles. The smallest absolute Gasteiger partial charge is 0.262 e. The molecule has 3 aromatic rings. The largest absolute Gasteiger partial charge is 0.497 e. The first-order valence-corrected chi connectivity index (χ1v) is 9.08. The highest BCUT2D eigenvalue weighted by atomic mass is 16.5. The number of ketones is 1. The highest BCUT2D eigenvalue weighted by molar-refractivity contribution is 6.01. The first-order chi connectivity index (χ1) is 14.0. The fourth-order valence-electron chi connectivity index (χ4n) is 2.76. The standard InChI is InChI=1S/C23H22N2O4/c1-28-18-12-8-17(9-13-18)25-23(27)15-29-19-10-6-16(7-11-19)14-22(26)20-4-2-3-5-21(20)24/h2-13H,14-15,24H2,1H3,(H,25,27). The molecule has 0 radical (unpaired) electrons. The van der Waals surface area contributed by atoms with Gasteiger partial charge in [-0.3, -0.25) is 9.59 Å². The van der Waals surface area contributed by atoms with Crippen LogP contribution in [0.4, 0.5) is 11.4 Å². The van der Waals surface area contributed by atoms with Gasteiger partial charge in [-0.05, 0) is 54.1 Å². The predicted molar refractivity (Wildman–Crippen MR) is 112 cm³/mol. The maximum atomic E-state index is 12.4. The van der Waals surface area contributed by atoms with Crippen molar-refractivity contribution in [2.45, 2.75) is 6.42 Å². The molecule has 3 N–H and O–H groups in total. The van der Waals surface area contributed by atoms with E-state index in [0.29, 0.717) is 28.4 Å². The maximum absolute atomic E-state index is 12.4. The summed E-state index contributed by atoms with van der Waals surface area (Å²) < 4.78 is 10.6. The number of benzene rings is 3. The number of para-hydroxylation sites is 1. The van der Waals surface area contributed by atoms with E-state index in [2.05, 4.69) is 5.32 Å². The van der Waals surface area contributed by atoms with Crippen molar-refractivity contribution in [3.63, 3.8) is 0 Å². The molecule has 0 saturated heterocycles. The minimum Gasteiger partial charge on any atom is -0.497 e. The minimum atomic E-state index is -0.269. The zero-order valence-corrected chi connectivity index (χ0v) is 16.1. The van der Waals surface area contributed by atoms with Crippen molar-refractivity contribution in [2.24, 2.45) is 0 Å². The summed E-state index contributed by atoms with van der Waals surface area (Å²) in [5.41, 5.74) is 8.34. The Morgan fingerprint density at radius 1 is 0.897 bits per heavy atom. The van der Waals surface area contributed by atoms with Gasteiger partial charge in [-0.1, -0.05) is 24.3 Å². The Hall–Kier alpha value is -3.80. The van der Waals surface area contributed by atoms with Gasteiger partial charge < -0.3 is 20.5 Å². The van der Waals surface area contributed by atoms with E-state index in [0.717, 1.165) is 5.56 Å². The van der Waals surface area contributed by atoms with Crippen LogP contribution < -0.4 is 20.5 Å². The molecule has 6 heteroatoms. The molecule has 0 unspecified atom stereocenters. The lowest BCUT2D eigenvalue weighted by Crippen LogP contribution is -2.20. The van der Waals surface area contributed by atoms with Crippen molar-refractivity contribution in [1.29, 1.82) is 0 Å². The van der Waals surface area contributed by atoms with Gasteiger partial charge in [0.2, 0.25) is 0 Å². The van der Waals surface area contributed by atoms with Gasteiger partial charge >= 0.3 is 0 Å². The zero-order valence-electron chi connectivity index (χ0n) is 16.1. The lowest BCUT2D eigenvalue weighted by Gasteiger charge is -2.09. The third-order valence-electron chi connectivity index (χ3n) is 4.29. The second kappa shape index (κ2) is 9.41. The monoisotopic (exact) mass is 390 g/mol. The number of carbonyl (C=O) groups excluding carboxylic acids is 2. The molecular weight excluding hydrogens is 368 g/mol. The number of nitrogen functional groups attached to an aromatic ring is 1. The number of anilines is 2. The molecule has 0 heterocycles. The van der Waals surface area contributed by atoms with E-state index in [1.165, 1.54) is 0 Å². The first-order valence-electron chi connectivity index (χ1n) is 9.08. The molecule has 6 nitrogen and oxygen atoms in total. The molecule has 0 atom stereocenters. The van der Waals surface area contributed by atoms with Crippen LogP contribution in [-0.4, -0.2) is 25.4 Å². The summed E-state index contributed by atoms with van der Waals surface area (Å²) in [6.45, 7) is -0.120. The number of hydrogen-bond acceptors (Lipinski definition) is 5. The Balaban J connectivity index is 1.50. The molecule has 3 rings (SSSR count). The zero-order chi connectivity index (χ0) is 20.6. The number of Topliss-reactive ketones (excluding diaryl/α,β-unsaturated/α-hetero) is 1. The summed E-state index contributed by atoms with van der Waals surface area (Å²) in [6.07, 6.45) is 0.243. The fourth-order valence-corrected chi connectivity index (χ4v) is 2.76. The van der Waals surface area contributed by atoms with Crippen LogP contribution in [0.2, 0.25) is 0 Å². The van der Waals surface area contributed by atoms with Crippen molar-refractivity contribution >= 4 is 23.1 Å². The maximum Gasteiger partial charge on any atom is 0.262 e. The number of ether oxygens (including phenoxy) is 2. The van der Waals surface area contributed by atoms with E-state index in [4.69, 9.17) is 15.2 Å². The summed E-state index contributed by atoms with van der Waals surface area (Å²) in [5, 5.41) is 2.75. The Bertz CT molecular complexity index is 983.